The van der Waals surface area contributed by atoms with E-state index in [1.165, 1.54) is 0 Å². The van der Waals surface area contributed by atoms with Gasteiger partial charge in [-0.05, 0) is 0 Å². The molecule has 0 saturated heterocycles. The average molecular weight is 69.6 g/mol. The molecule has 3 radical (unpaired) electrons. The Morgan fingerprint density at radius 1 is 1.00 bits per heavy atom. The Morgan fingerprint density at radius 2 is 1.00 bits per heavy atom. The van der Waals surface area contributed by atoms with Gasteiger partial charge in [0.25, 0.3) is 0 Å². The van der Waals surface area contributed by atoms with Gasteiger partial charge < -0.3 is 15.1 Å². The highest BCUT2D eigenvalue weighted by molar-refractivity contribution is 6.24. The van der Waals surface area contributed by atoms with Crippen LogP contribution in [0.25, 0.3) is 0 Å². The molecule has 0 N–H and O–H groups in total. The maximum atomic E-state index is 8.42. The molecule has 0 aromatic carbocycles. The van der Waals surface area contributed by atoms with E-state index < -0.39 is 7.32 Å². The van der Waals surface area contributed by atoms with Gasteiger partial charge >= 0.3 is 0 Å². The molecule has 0 aliphatic heterocycles. The van der Waals surface area contributed by atoms with E-state index in [1.54, 1.807) is 0 Å². The molecule has 0 bridgehead atoms. The predicted octanol–water partition coefficient (Wildman–Crippen LogP) is -4.33. The van der Waals surface area contributed by atoms with Gasteiger partial charge in [0.15, 0.2) is 0 Å². The second-order valence-corrected chi connectivity index (χ2v) is 0.289. The molecule has 0 amide bonds. The molecule has 0 spiro atoms. The van der Waals surface area contributed by atoms with Gasteiger partial charge in [-0.3, -0.25) is 7.32 Å². The maximum Gasteiger partial charge on any atom is 0 e. The van der Waals surface area contributed by atoms with Crippen molar-refractivity contribution in [3.63, 3.8) is 0 Å². The van der Waals surface area contributed by atoms with Gasteiger partial charge in [0.1, 0.15) is 0 Å². The Kier molecular flexibility index (Phi) is 7.13. The lowest BCUT2D eigenvalue weighted by Crippen LogP contribution is -2.56. The van der Waals surface area contributed by atoms with Crippen molar-refractivity contribution in [3.8, 4) is 0 Å². The smallest absolute Gasteiger partial charge is 0 e. The van der Waals surface area contributed by atoms with E-state index in [0.29, 0.717) is 0 Å². The summed E-state index contributed by atoms with van der Waals surface area (Å²) in [5.41, 5.74) is 0. The molecule has 0 saturated carbocycles. The van der Waals surface area contributed by atoms with Crippen LogP contribution in [0.1, 0.15) is 0 Å². The SMILES string of the molecule is [B].[O-]B([O-])[O-]. The zero-order valence-electron chi connectivity index (χ0n) is 2.38. The third kappa shape index (κ3) is 166000. The molecule has 5 heavy (non-hydrogen) atoms. The van der Waals surface area contributed by atoms with Crippen molar-refractivity contribution in [2.75, 3.05) is 0 Å². The van der Waals surface area contributed by atoms with Crippen LogP contribution >= 0.6 is 0 Å². The van der Waals surface area contributed by atoms with Crippen molar-refractivity contribution in [3.05, 3.63) is 0 Å². The van der Waals surface area contributed by atoms with Gasteiger partial charge in [-0.1, -0.05) is 0 Å². The molecule has 5 heteroatoms. The summed E-state index contributed by atoms with van der Waals surface area (Å²) in [5, 5.41) is 25.2. The number of hydrogen-bond acceptors (Lipinski definition) is 3. The Bertz CT molecular complexity index is 9.61. The molecule has 0 aliphatic carbocycles. The first kappa shape index (κ1) is 8.89. The fourth-order valence-electron chi connectivity index (χ4n) is 0. The first-order valence-corrected chi connectivity index (χ1v) is 0.707. The lowest BCUT2D eigenvalue weighted by atomic mass is 10.3. The zero-order chi connectivity index (χ0) is 3.58. The minimum atomic E-state index is -2.92. The minimum absolute atomic E-state index is 0. The van der Waals surface area contributed by atoms with Gasteiger partial charge in [0, 0.05) is 8.41 Å². The van der Waals surface area contributed by atoms with Crippen LogP contribution in [0.5, 0.6) is 0 Å². The quantitative estimate of drug-likeness (QED) is 0.270. The van der Waals surface area contributed by atoms with Gasteiger partial charge in [-0.2, -0.15) is 0 Å². The summed E-state index contributed by atoms with van der Waals surface area (Å²) in [5.74, 6) is 0. The first-order valence-electron chi connectivity index (χ1n) is 0.707. The van der Waals surface area contributed by atoms with E-state index in [9.17, 15) is 0 Å². The molecule has 3 nitrogen and oxygen atoms in total. The van der Waals surface area contributed by atoms with E-state index in [1.807, 2.05) is 0 Å². The molecule has 0 rings (SSSR count). The van der Waals surface area contributed by atoms with E-state index >= 15 is 0 Å². The third-order valence-corrected chi connectivity index (χ3v) is 0. The van der Waals surface area contributed by atoms with Crippen molar-refractivity contribution in [1.82, 2.24) is 0 Å². The fourth-order valence-corrected chi connectivity index (χ4v) is 0. The number of hydrogen-bond donors (Lipinski definition) is 0. The van der Waals surface area contributed by atoms with Gasteiger partial charge in [-0.25, -0.2) is 0 Å². The van der Waals surface area contributed by atoms with Crippen LogP contribution in [0.3, 0.4) is 0 Å². The zero-order valence-corrected chi connectivity index (χ0v) is 2.38. The van der Waals surface area contributed by atoms with Crippen LogP contribution in [0.2, 0.25) is 0 Å². The molecule has 0 aliphatic rings. The van der Waals surface area contributed by atoms with Crippen molar-refractivity contribution < 1.29 is 15.1 Å². The standard InChI is InChI=1S/BO3.B/c2-1(3)4;/q-3;. The van der Waals surface area contributed by atoms with Crippen LogP contribution in [-0.2, 0) is 0 Å². The van der Waals surface area contributed by atoms with E-state index in [-0.39, 0.29) is 8.41 Å². The molecule has 27 valence electrons. The Balaban J connectivity index is 0. The number of rotatable bonds is 0. The summed E-state index contributed by atoms with van der Waals surface area (Å²) in [6.07, 6.45) is 0. The predicted molar refractivity (Wildman–Crippen MR) is 11.5 cm³/mol. The molecule has 0 aromatic heterocycles. The summed E-state index contributed by atoms with van der Waals surface area (Å²) < 4.78 is 0. The van der Waals surface area contributed by atoms with Gasteiger partial charge in [0.2, 0.25) is 0 Å². The molecule has 0 fully saturated rings. The summed E-state index contributed by atoms with van der Waals surface area (Å²) >= 11 is 0. The molecular formula is B2O3-3. The van der Waals surface area contributed by atoms with Crippen molar-refractivity contribution >= 4 is 15.7 Å². The van der Waals surface area contributed by atoms with Crippen LogP contribution < -0.4 is 15.1 Å². The Morgan fingerprint density at radius 3 is 1.00 bits per heavy atom. The average Bonchev–Trinajstić information content (AvgIpc) is 0.811. The topological polar surface area (TPSA) is 69.2 Å². The molecule has 0 heterocycles. The van der Waals surface area contributed by atoms with Crippen LogP contribution in [0, 0.1) is 0 Å². The van der Waals surface area contributed by atoms with E-state index in [4.69, 9.17) is 15.1 Å². The molecule has 0 aromatic rings. The highest BCUT2D eigenvalue weighted by atomic mass is 16.5. The van der Waals surface area contributed by atoms with Gasteiger partial charge in [-0.15, -0.1) is 0 Å². The van der Waals surface area contributed by atoms with Crippen molar-refractivity contribution in [2.24, 2.45) is 0 Å². The van der Waals surface area contributed by atoms with Crippen LogP contribution in [-0.4, -0.2) is 15.7 Å². The third-order valence-electron chi connectivity index (χ3n) is 0. The maximum absolute atomic E-state index is 8.42. The normalized spacial score (nSPS) is 5.40. The fraction of sp³-hybridized carbons (Fsp3) is 0. The highest BCUT2D eigenvalue weighted by Gasteiger charge is 1.17. The minimum Gasteiger partial charge on any atom is -0.907 e. The van der Waals surface area contributed by atoms with E-state index in [0.717, 1.165) is 0 Å². The van der Waals surface area contributed by atoms with Crippen molar-refractivity contribution in [1.29, 1.82) is 0 Å². The van der Waals surface area contributed by atoms with E-state index in [2.05, 4.69) is 0 Å². The van der Waals surface area contributed by atoms with Crippen molar-refractivity contribution in [2.45, 2.75) is 0 Å². The summed E-state index contributed by atoms with van der Waals surface area (Å²) in [4.78, 5) is 0. The second-order valence-electron chi connectivity index (χ2n) is 0.289. The molecule has 0 atom stereocenters. The molecular weight excluding hydrogens is 69.6 g/mol. The summed E-state index contributed by atoms with van der Waals surface area (Å²) in [7, 11) is -2.92. The van der Waals surface area contributed by atoms with Crippen LogP contribution in [0.15, 0.2) is 0 Å². The lowest BCUT2D eigenvalue weighted by Gasteiger charge is -2.35. The van der Waals surface area contributed by atoms with Crippen LogP contribution in [0.4, 0.5) is 0 Å². The lowest BCUT2D eigenvalue weighted by molar-refractivity contribution is -0.479. The second kappa shape index (κ2) is 4.01. The summed E-state index contributed by atoms with van der Waals surface area (Å²) in [6, 6.07) is 0. The Labute approximate surface area is 32.0 Å². The molecule has 0 unspecified atom stereocenters. The first-order chi connectivity index (χ1) is 1.73. The highest BCUT2D eigenvalue weighted by Crippen LogP contribution is 0.994. The Hall–Kier alpha value is 0.00987. The monoisotopic (exact) mass is 70.0 g/mol. The largest absolute Gasteiger partial charge is 0.907 e. The summed E-state index contributed by atoms with van der Waals surface area (Å²) in [6.45, 7) is 0. The van der Waals surface area contributed by atoms with Gasteiger partial charge in [0.05, 0.1) is 0 Å².